The van der Waals surface area contributed by atoms with Crippen LogP contribution in [0.15, 0.2) is 84.9 Å². The molecule has 39 heavy (non-hydrogen) atoms. The second-order valence-corrected chi connectivity index (χ2v) is 10.2. The molecular weight excluding hydrogens is 533 g/mol. The van der Waals surface area contributed by atoms with Crippen LogP contribution in [0.4, 0.5) is 13.6 Å². The third-order valence-electron chi connectivity index (χ3n) is 5.56. The van der Waals surface area contributed by atoms with Crippen LogP contribution in [0.5, 0.6) is 5.75 Å². The van der Waals surface area contributed by atoms with Gasteiger partial charge in [0.05, 0.1) is 6.61 Å². The molecule has 0 aliphatic rings. The number of hydrogen-bond donors (Lipinski definition) is 4. The number of hydrogen-bond acceptors (Lipinski definition) is 5. The van der Waals surface area contributed by atoms with Crippen molar-refractivity contribution in [1.82, 2.24) is 10.6 Å². The molecule has 208 valence electrons. The molecule has 9 nitrogen and oxygen atoms in total. The number of nitrogens with one attached hydrogen (secondary N) is 2. The Bertz CT molecular complexity index is 1260. The topological polar surface area (TPSA) is 134 Å². The molecule has 0 aliphatic heterocycles. The lowest BCUT2D eigenvalue weighted by Gasteiger charge is -2.20. The van der Waals surface area contributed by atoms with E-state index in [2.05, 4.69) is 10.6 Å². The Morgan fingerprint density at radius 1 is 0.897 bits per heavy atom. The summed E-state index contributed by atoms with van der Waals surface area (Å²) >= 11 is 0. The molecule has 1 atom stereocenters. The fourth-order valence-corrected chi connectivity index (χ4v) is 3.96. The zero-order valence-corrected chi connectivity index (χ0v) is 21.7. The van der Waals surface area contributed by atoms with E-state index >= 15 is 0 Å². The van der Waals surface area contributed by atoms with Crippen molar-refractivity contribution in [2.24, 2.45) is 0 Å². The van der Waals surface area contributed by atoms with E-state index in [0.29, 0.717) is 24.3 Å². The van der Waals surface area contributed by atoms with Crippen molar-refractivity contribution in [2.75, 3.05) is 13.2 Å². The number of alkyl carbamates (subject to hydrolysis) is 1. The van der Waals surface area contributed by atoms with Crippen LogP contribution in [-0.4, -0.2) is 41.0 Å². The number of benzene rings is 3. The summed E-state index contributed by atoms with van der Waals surface area (Å²) < 4.78 is 49.9. The van der Waals surface area contributed by atoms with E-state index in [4.69, 9.17) is 19.3 Å². The van der Waals surface area contributed by atoms with Crippen molar-refractivity contribution in [3.8, 4) is 5.75 Å². The van der Waals surface area contributed by atoms with Crippen LogP contribution in [0.1, 0.15) is 23.1 Å². The van der Waals surface area contributed by atoms with Crippen LogP contribution in [0.3, 0.4) is 0 Å². The van der Waals surface area contributed by atoms with Gasteiger partial charge >= 0.3 is 19.4 Å². The van der Waals surface area contributed by atoms with Crippen LogP contribution in [-0.2, 0) is 32.8 Å². The molecule has 2 amide bonds. The average molecular weight is 563 g/mol. The quantitative estimate of drug-likeness (QED) is 0.180. The lowest BCUT2D eigenvalue weighted by molar-refractivity contribution is -0.123. The molecule has 3 rings (SSSR count). The van der Waals surface area contributed by atoms with Crippen LogP contribution in [0.25, 0.3) is 0 Å². The maximum absolute atomic E-state index is 14.0. The minimum absolute atomic E-state index is 0.0238. The predicted octanol–water partition coefficient (Wildman–Crippen LogP) is 4.34. The standard InChI is InChI=1S/C27H29F2N2O7P/c28-27(29,39(34,35)36)22-14-12-20(13-15-22)18-24(31-26(33)38-19-21-8-3-1-4-9-21)25(32)30-16-7-17-37-23-10-5-2-6-11-23/h1-6,8-15,24H,7,16-19H2,(H,30,32)(H,31,33)(H2,34,35,36). The minimum atomic E-state index is -5.72. The van der Waals surface area contributed by atoms with Gasteiger partial charge in [-0.3, -0.25) is 9.36 Å². The zero-order chi connectivity index (χ0) is 28.3. The molecule has 0 saturated carbocycles. The fourth-order valence-electron chi connectivity index (χ4n) is 3.48. The van der Waals surface area contributed by atoms with Gasteiger partial charge in [0.15, 0.2) is 0 Å². The van der Waals surface area contributed by atoms with E-state index < -0.39 is 36.9 Å². The summed E-state index contributed by atoms with van der Waals surface area (Å²) in [6, 6.07) is 21.1. The Hall–Kier alpha value is -3.79. The van der Waals surface area contributed by atoms with E-state index in [1.807, 2.05) is 24.3 Å². The van der Waals surface area contributed by atoms with E-state index in [-0.39, 0.29) is 19.6 Å². The first-order chi connectivity index (χ1) is 18.6. The molecule has 0 fully saturated rings. The van der Waals surface area contributed by atoms with Crippen molar-refractivity contribution >= 4 is 19.6 Å². The van der Waals surface area contributed by atoms with Crippen molar-refractivity contribution < 1.29 is 42.2 Å². The fraction of sp³-hybridized carbons (Fsp3) is 0.259. The number of para-hydroxylation sites is 1. The van der Waals surface area contributed by atoms with Gasteiger partial charge in [0.1, 0.15) is 18.4 Å². The first kappa shape index (κ1) is 29.8. The number of carbonyl (C=O) groups excluding carboxylic acids is 2. The molecular formula is C27H29F2N2O7P. The highest BCUT2D eigenvalue weighted by Gasteiger charge is 2.50. The summed E-state index contributed by atoms with van der Waals surface area (Å²) in [7, 11) is -5.72. The van der Waals surface area contributed by atoms with Gasteiger partial charge < -0.3 is 29.9 Å². The molecule has 0 bridgehead atoms. The van der Waals surface area contributed by atoms with Gasteiger partial charge in [0.2, 0.25) is 5.91 Å². The zero-order valence-electron chi connectivity index (χ0n) is 20.8. The largest absolute Gasteiger partial charge is 0.494 e. The summed E-state index contributed by atoms with van der Waals surface area (Å²) in [4.78, 5) is 43.2. The normalized spacial score (nSPS) is 12.3. The molecule has 0 saturated heterocycles. The van der Waals surface area contributed by atoms with Crippen molar-refractivity contribution in [3.05, 3.63) is 102 Å². The molecule has 0 heterocycles. The summed E-state index contributed by atoms with van der Waals surface area (Å²) in [5.74, 6) is 0.160. The smallest absolute Gasteiger partial charge is 0.408 e. The number of amides is 2. The van der Waals surface area contributed by atoms with Crippen LogP contribution in [0, 0.1) is 0 Å². The molecule has 3 aromatic carbocycles. The van der Waals surface area contributed by atoms with Gasteiger partial charge in [0, 0.05) is 18.5 Å². The highest BCUT2D eigenvalue weighted by molar-refractivity contribution is 7.52. The molecule has 1 unspecified atom stereocenters. The van der Waals surface area contributed by atoms with E-state index in [1.54, 1.807) is 36.4 Å². The number of carbonyl (C=O) groups is 2. The van der Waals surface area contributed by atoms with Gasteiger partial charge in [-0.15, -0.1) is 0 Å². The molecule has 0 aliphatic carbocycles. The maximum atomic E-state index is 14.0. The SMILES string of the molecule is O=C(NC(Cc1ccc(C(F)(F)P(=O)(O)O)cc1)C(=O)NCCCOc1ccccc1)OCc1ccccc1. The van der Waals surface area contributed by atoms with E-state index in [1.165, 1.54) is 12.1 Å². The summed E-state index contributed by atoms with van der Waals surface area (Å²) in [6.07, 6.45) is -0.456. The van der Waals surface area contributed by atoms with Crippen LogP contribution >= 0.6 is 7.60 Å². The Balaban J connectivity index is 1.61. The van der Waals surface area contributed by atoms with Crippen molar-refractivity contribution in [2.45, 2.75) is 31.2 Å². The molecule has 0 radical (unpaired) electrons. The Kier molecular flexibility index (Phi) is 10.6. The number of ether oxygens (including phenoxy) is 2. The third-order valence-corrected chi connectivity index (χ3v) is 6.55. The second-order valence-electron chi connectivity index (χ2n) is 8.55. The summed E-state index contributed by atoms with van der Waals surface area (Å²) in [6.45, 7) is 0.567. The Morgan fingerprint density at radius 2 is 1.51 bits per heavy atom. The summed E-state index contributed by atoms with van der Waals surface area (Å²) in [5, 5.41) is 5.21. The number of halogens is 2. The van der Waals surface area contributed by atoms with Gasteiger partial charge in [-0.25, -0.2) is 4.79 Å². The van der Waals surface area contributed by atoms with Crippen molar-refractivity contribution in [3.63, 3.8) is 0 Å². The van der Waals surface area contributed by atoms with Crippen LogP contribution < -0.4 is 15.4 Å². The first-order valence-corrected chi connectivity index (χ1v) is 13.6. The van der Waals surface area contributed by atoms with Crippen molar-refractivity contribution in [1.29, 1.82) is 0 Å². The average Bonchev–Trinajstić information content (AvgIpc) is 2.92. The molecule has 3 aromatic rings. The predicted molar refractivity (Wildman–Crippen MR) is 139 cm³/mol. The first-order valence-electron chi connectivity index (χ1n) is 12.0. The lowest BCUT2D eigenvalue weighted by atomic mass is 10.0. The summed E-state index contributed by atoms with van der Waals surface area (Å²) in [5.41, 5.74) is -4.11. The third kappa shape index (κ3) is 9.17. The lowest BCUT2D eigenvalue weighted by Crippen LogP contribution is -2.48. The molecule has 0 aromatic heterocycles. The maximum Gasteiger partial charge on any atom is 0.408 e. The number of rotatable bonds is 13. The van der Waals surface area contributed by atoms with Gasteiger partial charge in [-0.05, 0) is 29.7 Å². The van der Waals surface area contributed by atoms with E-state index in [9.17, 15) is 22.9 Å². The monoisotopic (exact) mass is 562 g/mol. The van der Waals surface area contributed by atoms with Gasteiger partial charge in [0.25, 0.3) is 0 Å². The molecule has 0 spiro atoms. The highest BCUT2D eigenvalue weighted by atomic mass is 31.2. The molecule has 4 N–H and O–H groups in total. The van der Waals surface area contributed by atoms with Gasteiger partial charge in [-0.2, -0.15) is 8.78 Å². The van der Waals surface area contributed by atoms with E-state index in [0.717, 1.165) is 17.7 Å². The molecule has 12 heteroatoms. The highest BCUT2D eigenvalue weighted by Crippen LogP contribution is 2.59. The van der Waals surface area contributed by atoms with Gasteiger partial charge in [-0.1, -0.05) is 72.8 Å². The van der Waals surface area contributed by atoms with Crippen LogP contribution in [0.2, 0.25) is 0 Å². The Morgan fingerprint density at radius 3 is 2.13 bits per heavy atom. The Labute approximate surface area is 224 Å². The second kappa shape index (κ2) is 13.8. The minimum Gasteiger partial charge on any atom is -0.494 e. The number of alkyl halides is 2.